The number of thioether (sulfide) groups is 1. The van der Waals surface area contributed by atoms with Crippen molar-refractivity contribution in [3.05, 3.63) is 16.7 Å². The van der Waals surface area contributed by atoms with Crippen LogP contribution in [0, 0.1) is 5.41 Å². The predicted octanol–water partition coefficient (Wildman–Crippen LogP) is 1.72. The topological polar surface area (TPSA) is 187 Å². The van der Waals surface area contributed by atoms with Crippen molar-refractivity contribution >= 4 is 47.8 Å². The number of hydrogen-bond donors (Lipinski definition) is 2. The van der Waals surface area contributed by atoms with E-state index in [2.05, 4.69) is 15.0 Å². The highest BCUT2D eigenvalue weighted by Gasteiger charge is 2.61. The number of rotatable bonds is 8. The Morgan fingerprint density at radius 1 is 1.46 bits per heavy atom. The third-order valence-corrected chi connectivity index (χ3v) is 8.41. The Morgan fingerprint density at radius 2 is 2.19 bits per heavy atom. The molecule has 0 aromatic carbocycles. The van der Waals surface area contributed by atoms with Gasteiger partial charge in [-0.1, -0.05) is 11.8 Å². The molecule has 1 unspecified atom stereocenters. The Bertz CT molecular complexity index is 1310. The number of anilines is 1. The lowest BCUT2D eigenvalue weighted by molar-refractivity contribution is -0.145. The van der Waals surface area contributed by atoms with Crippen LogP contribution in [0.5, 0.6) is 0 Å². The number of phosphoric acid groups is 1. The quantitative estimate of drug-likeness (QED) is 0.269. The number of nitrogens with zero attached hydrogens (tertiary/aromatic N) is 3. The number of phosphoric ester groups is 1. The van der Waals surface area contributed by atoms with E-state index in [9.17, 15) is 18.9 Å². The molecule has 0 bridgehead atoms. The number of alkyl halides is 1. The summed E-state index contributed by atoms with van der Waals surface area (Å²) in [5.74, 6) is -0.578. The fraction of sp³-hybridized carbons (Fsp3) is 0.650. The van der Waals surface area contributed by atoms with Crippen LogP contribution in [0.25, 0.3) is 11.2 Å². The molecular weight excluding hydrogens is 536 g/mol. The molecule has 204 valence electrons. The predicted molar refractivity (Wildman–Crippen MR) is 128 cm³/mol. The fourth-order valence-electron chi connectivity index (χ4n) is 3.85. The number of aromatic nitrogens is 4. The first kappa shape index (κ1) is 27.7. The summed E-state index contributed by atoms with van der Waals surface area (Å²) in [6.45, 7) is 5.14. The zero-order chi connectivity index (χ0) is 27.2. The van der Waals surface area contributed by atoms with Gasteiger partial charge in [-0.15, -0.1) is 0 Å². The van der Waals surface area contributed by atoms with Crippen LogP contribution < -0.4 is 11.3 Å². The molecule has 4 rings (SSSR count). The molecule has 0 amide bonds. The minimum atomic E-state index is -4.19. The van der Waals surface area contributed by atoms with E-state index < -0.39 is 48.9 Å². The molecule has 3 N–H and O–H groups in total. The summed E-state index contributed by atoms with van der Waals surface area (Å²) in [4.78, 5) is 45.8. The second-order valence-electron chi connectivity index (χ2n) is 9.36. The van der Waals surface area contributed by atoms with Crippen LogP contribution >= 0.6 is 19.6 Å². The van der Waals surface area contributed by atoms with Gasteiger partial charge in [0.2, 0.25) is 5.95 Å². The van der Waals surface area contributed by atoms with Crippen molar-refractivity contribution < 1.29 is 41.6 Å². The number of halogens is 1. The van der Waals surface area contributed by atoms with Gasteiger partial charge in [0, 0.05) is 12.7 Å². The van der Waals surface area contributed by atoms with Gasteiger partial charge in [0.1, 0.15) is 18.8 Å². The molecule has 4 heterocycles. The Morgan fingerprint density at radius 3 is 2.89 bits per heavy atom. The van der Waals surface area contributed by atoms with Gasteiger partial charge < -0.3 is 15.2 Å². The van der Waals surface area contributed by atoms with Crippen LogP contribution in [-0.4, -0.2) is 74.1 Å². The molecular formula is C20H27FN5O9PS. The summed E-state index contributed by atoms with van der Waals surface area (Å²) >= 11 is 0.902. The molecule has 0 spiro atoms. The van der Waals surface area contributed by atoms with Crippen LogP contribution in [0.1, 0.15) is 33.9 Å². The zero-order valence-corrected chi connectivity index (χ0v) is 22.2. The van der Waals surface area contributed by atoms with Gasteiger partial charge in [0.15, 0.2) is 28.2 Å². The third-order valence-electron chi connectivity index (χ3n) is 5.78. The molecule has 37 heavy (non-hydrogen) atoms. The normalized spacial score (nSPS) is 29.8. The standard InChI is InChI=1S/C20H27FN5O9PS/c1-10(27)31-8-19(2,3)17(29)37-6-5-32-36(30)33-7-11-13(35-36)20(4,21)16(34-11)26-9-23-12-14(26)24-18(22)25-15(12)28/h9,11,13,16H,5-8H2,1-4H3,(H3,22,24,25,28)/t11-,13-,16-,20-,36?/m1/s1. The third kappa shape index (κ3) is 5.59. The fourth-order valence-corrected chi connectivity index (χ4v) is 6.23. The van der Waals surface area contributed by atoms with Crippen LogP contribution in [0.2, 0.25) is 0 Å². The summed E-state index contributed by atoms with van der Waals surface area (Å²) in [7, 11) is -4.19. The highest BCUT2D eigenvalue weighted by molar-refractivity contribution is 8.13. The number of nitrogens with one attached hydrogen (secondary N) is 1. The van der Waals surface area contributed by atoms with Crippen molar-refractivity contribution in [2.75, 3.05) is 31.3 Å². The molecule has 14 nitrogen and oxygen atoms in total. The number of hydrogen-bond acceptors (Lipinski definition) is 13. The second-order valence-corrected chi connectivity index (χ2v) is 12.0. The van der Waals surface area contributed by atoms with Crippen LogP contribution in [0.15, 0.2) is 11.1 Å². The number of H-pyrrole nitrogens is 1. The summed E-state index contributed by atoms with van der Waals surface area (Å²) in [6.07, 6.45) is -2.43. The van der Waals surface area contributed by atoms with Crippen molar-refractivity contribution in [3.63, 3.8) is 0 Å². The van der Waals surface area contributed by atoms with Crippen molar-refractivity contribution in [1.82, 2.24) is 19.5 Å². The van der Waals surface area contributed by atoms with E-state index in [0.29, 0.717) is 0 Å². The van der Waals surface area contributed by atoms with E-state index >= 15 is 4.39 Å². The van der Waals surface area contributed by atoms with Crippen molar-refractivity contribution in [2.24, 2.45) is 5.41 Å². The highest BCUT2D eigenvalue weighted by Crippen LogP contribution is 2.59. The Labute approximate surface area is 214 Å². The zero-order valence-electron chi connectivity index (χ0n) is 20.5. The Hall–Kier alpha value is -2.36. The van der Waals surface area contributed by atoms with Gasteiger partial charge in [-0.2, -0.15) is 4.98 Å². The largest absolute Gasteiger partial charge is 0.475 e. The molecule has 5 atom stereocenters. The van der Waals surface area contributed by atoms with Gasteiger partial charge in [-0.05, 0) is 20.8 Å². The van der Waals surface area contributed by atoms with Crippen LogP contribution in [-0.2, 0) is 37.2 Å². The lowest BCUT2D eigenvalue weighted by atomic mass is 9.97. The van der Waals surface area contributed by atoms with Crippen molar-refractivity contribution in [3.8, 4) is 0 Å². The molecule has 2 fully saturated rings. The molecule has 2 aromatic heterocycles. The number of nitrogens with two attached hydrogens (primary N) is 1. The van der Waals surface area contributed by atoms with E-state index in [-0.39, 0.29) is 47.8 Å². The van der Waals surface area contributed by atoms with Crippen LogP contribution in [0.3, 0.4) is 0 Å². The van der Waals surface area contributed by atoms with E-state index in [1.54, 1.807) is 13.8 Å². The monoisotopic (exact) mass is 563 g/mol. The van der Waals surface area contributed by atoms with E-state index in [1.807, 2.05) is 0 Å². The summed E-state index contributed by atoms with van der Waals surface area (Å²) in [6, 6.07) is 0. The molecule has 17 heteroatoms. The maximum Gasteiger partial charge on any atom is 0.475 e. The first-order chi connectivity index (χ1) is 17.2. The smallest absolute Gasteiger partial charge is 0.465 e. The van der Waals surface area contributed by atoms with Gasteiger partial charge in [-0.3, -0.25) is 37.5 Å². The van der Waals surface area contributed by atoms with Crippen LogP contribution in [0.4, 0.5) is 10.3 Å². The molecule has 2 aliphatic heterocycles. The van der Waals surface area contributed by atoms with Gasteiger partial charge in [0.05, 0.1) is 25.0 Å². The number of carbonyl (C=O) groups excluding carboxylic acids is 2. The maximum atomic E-state index is 16.0. The summed E-state index contributed by atoms with van der Waals surface area (Å²) in [5, 5.41) is -0.259. The number of esters is 1. The molecule has 0 radical (unpaired) electrons. The summed E-state index contributed by atoms with van der Waals surface area (Å²) in [5.41, 5.74) is 1.78. The molecule has 0 saturated carbocycles. The van der Waals surface area contributed by atoms with E-state index in [0.717, 1.165) is 11.8 Å². The Kier molecular flexibility index (Phi) is 7.53. The first-order valence-corrected chi connectivity index (χ1v) is 13.6. The number of aromatic amines is 1. The van der Waals surface area contributed by atoms with Gasteiger partial charge >= 0.3 is 13.8 Å². The van der Waals surface area contributed by atoms with E-state index in [1.165, 1.54) is 24.7 Å². The number of fused-ring (bicyclic) bond motifs is 2. The lowest BCUT2D eigenvalue weighted by Crippen LogP contribution is -2.44. The minimum Gasteiger partial charge on any atom is -0.465 e. The molecule has 2 saturated heterocycles. The number of nitrogen functional groups attached to an aromatic ring is 1. The highest BCUT2D eigenvalue weighted by atomic mass is 32.2. The minimum absolute atomic E-state index is 0.00689. The molecule has 2 aliphatic rings. The van der Waals surface area contributed by atoms with Gasteiger partial charge in [-0.25, -0.2) is 13.9 Å². The molecule has 2 aromatic rings. The van der Waals surface area contributed by atoms with E-state index in [4.69, 9.17) is 28.8 Å². The lowest BCUT2D eigenvalue weighted by Gasteiger charge is -2.33. The summed E-state index contributed by atoms with van der Waals surface area (Å²) < 4.78 is 57.0. The number of carbonyl (C=O) groups is 2. The second kappa shape index (κ2) is 10.1. The average Bonchev–Trinajstić information content (AvgIpc) is 3.33. The first-order valence-electron chi connectivity index (χ1n) is 11.2. The SMILES string of the molecule is CC(=O)OCC(C)(C)C(=O)SCCOP1(=O)OC[C@H]2O[C@@H](n3cnc4c(=O)[nH]c(N)nc43)[C@](C)(F)[C@@H]2O1. The van der Waals surface area contributed by atoms with Crippen molar-refractivity contribution in [1.29, 1.82) is 0 Å². The average molecular weight is 564 g/mol. The van der Waals surface area contributed by atoms with Gasteiger partial charge in [0.25, 0.3) is 5.56 Å². The number of ether oxygens (including phenoxy) is 2. The maximum absolute atomic E-state index is 16.0. The van der Waals surface area contributed by atoms with Crippen molar-refractivity contribution in [2.45, 2.75) is 51.8 Å². The number of imidazole rings is 1. The Balaban J connectivity index is 1.39. The molecule has 0 aliphatic carbocycles.